The summed E-state index contributed by atoms with van der Waals surface area (Å²) in [5.41, 5.74) is -0.565. The van der Waals surface area contributed by atoms with Crippen LogP contribution in [-0.2, 0) is 12.6 Å². The van der Waals surface area contributed by atoms with Crippen LogP contribution >= 0.6 is 11.6 Å². The predicted molar refractivity (Wildman–Crippen MR) is 76.8 cm³/mol. The zero-order valence-electron chi connectivity index (χ0n) is 11.3. The Morgan fingerprint density at radius 2 is 1.86 bits per heavy atom. The SMILES string of the molecule is N#Cc1ccc(OCCc2ccccc2Cl)cc1C(F)(F)F. The van der Waals surface area contributed by atoms with Gasteiger partial charge in [-0.25, -0.2) is 0 Å². The van der Waals surface area contributed by atoms with Crippen LogP contribution in [0.3, 0.4) is 0 Å². The molecule has 2 aromatic carbocycles. The number of halogens is 4. The fourth-order valence-corrected chi connectivity index (χ4v) is 2.16. The van der Waals surface area contributed by atoms with Crippen molar-refractivity contribution in [3.8, 4) is 11.8 Å². The smallest absolute Gasteiger partial charge is 0.417 e. The first-order valence-corrected chi connectivity index (χ1v) is 6.77. The highest BCUT2D eigenvalue weighted by Crippen LogP contribution is 2.34. The number of rotatable bonds is 4. The highest BCUT2D eigenvalue weighted by molar-refractivity contribution is 6.31. The first-order valence-electron chi connectivity index (χ1n) is 6.39. The lowest BCUT2D eigenvalue weighted by atomic mass is 10.1. The van der Waals surface area contributed by atoms with E-state index in [-0.39, 0.29) is 12.4 Å². The first kappa shape index (κ1) is 16.2. The van der Waals surface area contributed by atoms with Crippen LogP contribution in [0, 0.1) is 11.3 Å². The van der Waals surface area contributed by atoms with E-state index in [9.17, 15) is 13.2 Å². The minimum absolute atomic E-state index is 0.0679. The van der Waals surface area contributed by atoms with E-state index >= 15 is 0 Å². The van der Waals surface area contributed by atoms with Crippen molar-refractivity contribution in [3.63, 3.8) is 0 Å². The van der Waals surface area contributed by atoms with Crippen LogP contribution in [-0.4, -0.2) is 6.61 Å². The number of hydrogen-bond donors (Lipinski definition) is 0. The monoisotopic (exact) mass is 325 g/mol. The Morgan fingerprint density at radius 3 is 2.50 bits per heavy atom. The van der Waals surface area contributed by atoms with E-state index in [1.54, 1.807) is 12.1 Å². The molecular formula is C16H11ClF3NO. The largest absolute Gasteiger partial charge is 0.493 e. The number of ether oxygens (including phenoxy) is 1. The third-order valence-electron chi connectivity index (χ3n) is 3.01. The van der Waals surface area contributed by atoms with Gasteiger partial charge in [0, 0.05) is 11.4 Å². The summed E-state index contributed by atoms with van der Waals surface area (Å²) in [6.45, 7) is 0.187. The number of alkyl halides is 3. The van der Waals surface area contributed by atoms with Crippen molar-refractivity contribution in [2.45, 2.75) is 12.6 Å². The van der Waals surface area contributed by atoms with Crippen molar-refractivity contribution >= 4 is 11.6 Å². The molecule has 0 radical (unpaired) electrons. The molecule has 0 bridgehead atoms. The normalized spacial score (nSPS) is 11.0. The van der Waals surface area contributed by atoms with Gasteiger partial charge in [0.15, 0.2) is 0 Å². The lowest BCUT2D eigenvalue weighted by Crippen LogP contribution is -2.09. The Labute approximate surface area is 130 Å². The summed E-state index contributed by atoms with van der Waals surface area (Å²) in [6.07, 6.45) is -4.12. The molecule has 0 fully saturated rings. The molecule has 2 aromatic rings. The van der Waals surface area contributed by atoms with Crippen LogP contribution in [0.25, 0.3) is 0 Å². The molecule has 0 aromatic heterocycles. The van der Waals surface area contributed by atoms with Crippen LogP contribution < -0.4 is 4.74 Å². The molecule has 114 valence electrons. The fourth-order valence-electron chi connectivity index (χ4n) is 1.93. The second-order valence-corrected chi connectivity index (χ2v) is 4.91. The third kappa shape index (κ3) is 3.92. The average Bonchev–Trinajstić information content (AvgIpc) is 2.48. The molecule has 0 heterocycles. The van der Waals surface area contributed by atoms with E-state index in [1.165, 1.54) is 12.1 Å². The van der Waals surface area contributed by atoms with Crippen molar-refractivity contribution < 1.29 is 17.9 Å². The van der Waals surface area contributed by atoms with E-state index in [1.807, 2.05) is 12.1 Å². The average molecular weight is 326 g/mol. The quantitative estimate of drug-likeness (QED) is 0.805. The summed E-state index contributed by atoms with van der Waals surface area (Å²) in [7, 11) is 0. The van der Waals surface area contributed by atoms with Crippen LogP contribution in [0.4, 0.5) is 13.2 Å². The van der Waals surface area contributed by atoms with E-state index in [0.717, 1.165) is 17.7 Å². The van der Waals surface area contributed by atoms with Crippen LogP contribution in [0.15, 0.2) is 42.5 Å². The number of nitrogens with zero attached hydrogens (tertiary/aromatic N) is 1. The molecule has 0 spiro atoms. The minimum atomic E-state index is -4.59. The van der Waals surface area contributed by atoms with E-state index < -0.39 is 17.3 Å². The zero-order valence-corrected chi connectivity index (χ0v) is 12.1. The molecule has 0 saturated carbocycles. The van der Waals surface area contributed by atoms with Gasteiger partial charge in [-0.2, -0.15) is 18.4 Å². The Bertz CT molecular complexity index is 707. The molecule has 2 nitrogen and oxygen atoms in total. The van der Waals surface area contributed by atoms with Gasteiger partial charge < -0.3 is 4.74 Å². The lowest BCUT2D eigenvalue weighted by Gasteiger charge is -2.12. The maximum Gasteiger partial charge on any atom is 0.417 e. The number of benzene rings is 2. The molecule has 0 amide bonds. The molecule has 0 unspecified atom stereocenters. The van der Waals surface area contributed by atoms with E-state index in [2.05, 4.69) is 0 Å². The summed E-state index contributed by atoms with van der Waals surface area (Å²) < 4.78 is 43.8. The second kappa shape index (κ2) is 6.71. The summed E-state index contributed by atoms with van der Waals surface area (Å²) in [5.74, 6) is 0.0679. The van der Waals surface area contributed by atoms with Gasteiger partial charge in [0.25, 0.3) is 0 Å². The van der Waals surface area contributed by atoms with Gasteiger partial charge in [0.2, 0.25) is 0 Å². The van der Waals surface area contributed by atoms with Gasteiger partial charge in [0.1, 0.15) is 5.75 Å². The van der Waals surface area contributed by atoms with Gasteiger partial charge in [-0.15, -0.1) is 0 Å². The molecule has 0 N–H and O–H groups in total. The summed E-state index contributed by atoms with van der Waals surface area (Å²) in [6, 6.07) is 12.0. The third-order valence-corrected chi connectivity index (χ3v) is 3.38. The van der Waals surface area contributed by atoms with Gasteiger partial charge in [-0.05, 0) is 29.8 Å². The van der Waals surface area contributed by atoms with Crippen molar-refractivity contribution in [3.05, 3.63) is 64.2 Å². The molecule has 0 atom stereocenters. The Morgan fingerprint density at radius 1 is 1.14 bits per heavy atom. The van der Waals surface area contributed by atoms with Crippen molar-refractivity contribution in [2.24, 2.45) is 0 Å². The summed E-state index contributed by atoms with van der Waals surface area (Å²) in [4.78, 5) is 0. The highest BCUT2D eigenvalue weighted by atomic mass is 35.5. The standard InChI is InChI=1S/C16H11ClF3NO/c17-15-4-2-1-3-11(15)7-8-22-13-6-5-12(10-21)14(9-13)16(18,19)20/h1-6,9H,7-8H2. The molecule has 2 rings (SSSR count). The lowest BCUT2D eigenvalue weighted by molar-refractivity contribution is -0.137. The van der Waals surface area contributed by atoms with Crippen LogP contribution in [0.2, 0.25) is 5.02 Å². The molecule has 0 saturated heterocycles. The molecular weight excluding hydrogens is 315 g/mol. The van der Waals surface area contributed by atoms with Crippen LogP contribution in [0.1, 0.15) is 16.7 Å². The van der Waals surface area contributed by atoms with Gasteiger partial charge >= 0.3 is 6.18 Å². The Hall–Kier alpha value is -2.19. The van der Waals surface area contributed by atoms with Crippen molar-refractivity contribution in [1.82, 2.24) is 0 Å². The van der Waals surface area contributed by atoms with Crippen molar-refractivity contribution in [1.29, 1.82) is 5.26 Å². The topological polar surface area (TPSA) is 33.0 Å². The van der Waals surface area contributed by atoms with Gasteiger partial charge in [-0.1, -0.05) is 29.8 Å². The number of nitriles is 1. The first-order chi connectivity index (χ1) is 10.4. The Balaban J connectivity index is 2.08. The van der Waals surface area contributed by atoms with Gasteiger partial charge in [0.05, 0.1) is 23.8 Å². The fraction of sp³-hybridized carbons (Fsp3) is 0.188. The summed E-state index contributed by atoms with van der Waals surface area (Å²) in [5, 5.41) is 9.31. The van der Waals surface area contributed by atoms with Crippen molar-refractivity contribution in [2.75, 3.05) is 6.61 Å². The summed E-state index contributed by atoms with van der Waals surface area (Å²) >= 11 is 5.99. The number of hydrogen-bond acceptors (Lipinski definition) is 2. The zero-order chi connectivity index (χ0) is 16.2. The molecule has 22 heavy (non-hydrogen) atoms. The van der Waals surface area contributed by atoms with Gasteiger partial charge in [-0.3, -0.25) is 0 Å². The highest BCUT2D eigenvalue weighted by Gasteiger charge is 2.34. The maximum absolute atomic E-state index is 12.8. The minimum Gasteiger partial charge on any atom is -0.493 e. The second-order valence-electron chi connectivity index (χ2n) is 4.51. The van der Waals surface area contributed by atoms with E-state index in [4.69, 9.17) is 21.6 Å². The molecule has 0 aliphatic heterocycles. The van der Waals surface area contributed by atoms with Crippen LogP contribution in [0.5, 0.6) is 5.75 Å². The molecule has 6 heteroatoms. The molecule has 0 aliphatic carbocycles. The Kier molecular flexibility index (Phi) is 4.94. The van der Waals surface area contributed by atoms with E-state index in [0.29, 0.717) is 11.4 Å². The predicted octanol–water partition coefficient (Wildman–Crippen LogP) is 4.85. The maximum atomic E-state index is 12.8. The molecule has 0 aliphatic rings.